The number of nitrogens with zero attached hydrogens (tertiary/aromatic N) is 2. The second kappa shape index (κ2) is 9.37. The van der Waals surface area contributed by atoms with Crippen LogP contribution in [-0.2, 0) is 13.0 Å². The van der Waals surface area contributed by atoms with Gasteiger partial charge in [0.2, 0.25) is 0 Å². The van der Waals surface area contributed by atoms with Gasteiger partial charge in [-0.2, -0.15) is 0 Å². The topological polar surface area (TPSA) is 77.1 Å². The molecule has 1 N–H and O–H groups in total. The Balaban J connectivity index is 1.83. The Kier molecular flexibility index (Phi) is 6.65. The summed E-state index contributed by atoms with van der Waals surface area (Å²) in [5.41, 5.74) is 1.05. The Morgan fingerprint density at radius 3 is 2.62 bits per heavy atom. The molecule has 29 heavy (non-hydrogen) atoms. The first-order valence-electron chi connectivity index (χ1n) is 9.89. The molecule has 1 unspecified atom stereocenters. The fourth-order valence-corrected chi connectivity index (χ4v) is 3.26. The summed E-state index contributed by atoms with van der Waals surface area (Å²) in [5, 5.41) is 2.99. The van der Waals surface area contributed by atoms with E-state index in [9.17, 15) is 9.59 Å². The van der Waals surface area contributed by atoms with Gasteiger partial charge in [0, 0.05) is 25.4 Å². The average molecular weight is 393 g/mol. The number of carbonyl (C=O) groups is 1. The molecule has 3 rings (SSSR count). The molecule has 0 fully saturated rings. The summed E-state index contributed by atoms with van der Waals surface area (Å²) < 4.78 is 7.31. The van der Waals surface area contributed by atoms with Crippen LogP contribution >= 0.6 is 0 Å². The summed E-state index contributed by atoms with van der Waals surface area (Å²) in [7, 11) is 0. The van der Waals surface area contributed by atoms with Crippen molar-refractivity contribution in [3.63, 3.8) is 0 Å². The van der Waals surface area contributed by atoms with Crippen molar-refractivity contribution in [1.82, 2.24) is 14.9 Å². The number of amides is 1. The quantitative estimate of drug-likeness (QED) is 0.630. The molecule has 0 aliphatic rings. The molecule has 1 amide bonds. The van der Waals surface area contributed by atoms with Crippen LogP contribution in [0, 0.1) is 12.8 Å². The molecular weight excluding hydrogens is 366 g/mol. The zero-order valence-electron chi connectivity index (χ0n) is 17.1. The van der Waals surface area contributed by atoms with Crippen molar-refractivity contribution < 1.29 is 9.21 Å². The summed E-state index contributed by atoms with van der Waals surface area (Å²) in [5.74, 6) is 0.704. The Morgan fingerprint density at radius 1 is 1.24 bits per heavy atom. The summed E-state index contributed by atoms with van der Waals surface area (Å²) in [4.78, 5) is 29.6. The predicted octanol–water partition coefficient (Wildman–Crippen LogP) is 3.90. The maximum absolute atomic E-state index is 13.0. The van der Waals surface area contributed by atoms with Crippen LogP contribution in [0.5, 0.6) is 0 Å². The van der Waals surface area contributed by atoms with E-state index < -0.39 is 11.5 Å². The first-order valence-corrected chi connectivity index (χ1v) is 9.89. The lowest BCUT2D eigenvalue weighted by Crippen LogP contribution is -2.34. The van der Waals surface area contributed by atoms with Gasteiger partial charge in [0.15, 0.2) is 0 Å². The molecule has 6 heteroatoms. The van der Waals surface area contributed by atoms with Crippen LogP contribution in [0.15, 0.2) is 64.3 Å². The van der Waals surface area contributed by atoms with Crippen molar-refractivity contribution in [3.8, 4) is 0 Å². The van der Waals surface area contributed by atoms with Gasteiger partial charge < -0.3 is 14.3 Å². The summed E-state index contributed by atoms with van der Waals surface area (Å²) in [6.45, 7) is 6.53. The zero-order chi connectivity index (χ0) is 20.8. The minimum Gasteiger partial charge on any atom is -0.427 e. The fourth-order valence-electron chi connectivity index (χ4n) is 3.26. The first-order chi connectivity index (χ1) is 13.9. The molecule has 0 aliphatic carbocycles. The molecule has 1 aromatic carbocycles. The molecule has 0 spiro atoms. The minimum atomic E-state index is -0.587. The number of rotatable bonds is 8. The standard InChI is InChI=1S/C23H27N3O3/c1-16(2)9-10-19-13-17(3)21(23(28)29-19)22(27)25-20(14-26-12-11-24-15-26)18-7-5-4-6-8-18/h4-8,11-13,15-16,20H,9-10,14H2,1-3H3,(H,25,27). The third-order valence-electron chi connectivity index (χ3n) is 4.85. The fraction of sp³-hybridized carbons (Fsp3) is 0.348. The third kappa shape index (κ3) is 5.44. The van der Waals surface area contributed by atoms with Gasteiger partial charge in [-0.25, -0.2) is 9.78 Å². The number of nitrogens with one attached hydrogen (secondary N) is 1. The normalized spacial score (nSPS) is 12.1. The third-order valence-corrected chi connectivity index (χ3v) is 4.85. The Hall–Kier alpha value is -3.15. The number of carbonyl (C=O) groups excluding carboxylic acids is 1. The highest BCUT2D eigenvalue weighted by molar-refractivity contribution is 5.95. The number of hydrogen-bond acceptors (Lipinski definition) is 4. The highest BCUT2D eigenvalue weighted by Crippen LogP contribution is 2.17. The van der Waals surface area contributed by atoms with E-state index in [4.69, 9.17) is 4.42 Å². The number of hydrogen-bond donors (Lipinski definition) is 1. The number of benzene rings is 1. The summed E-state index contributed by atoms with van der Waals surface area (Å²) >= 11 is 0. The zero-order valence-corrected chi connectivity index (χ0v) is 17.1. The van der Waals surface area contributed by atoms with E-state index in [1.165, 1.54) is 0 Å². The van der Waals surface area contributed by atoms with Crippen LogP contribution in [-0.4, -0.2) is 15.5 Å². The molecule has 3 aromatic rings. The number of aromatic nitrogens is 2. The van der Waals surface area contributed by atoms with Gasteiger partial charge in [0.1, 0.15) is 11.3 Å². The lowest BCUT2D eigenvalue weighted by molar-refractivity contribution is 0.0927. The second-order valence-electron chi connectivity index (χ2n) is 7.69. The van der Waals surface area contributed by atoms with Gasteiger partial charge in [-0.05, 0) is 36.5 Å². The lowest BCUT2D eigenvalue weighted by atomic mass is 10.0. The number of imidazole rings is 1. The molecule has 6 nitrogen and oxygen atoms in total. The summed E-state index contributed by atoms with van der Waals surface area (Å²) in [6.07, 6.45) is 6.84. The molecule has 1 atom stereocenters. The van der Waals surface area contributed by atoms with Crippen molar-refractivity contribution >= 4 is 5.91 Å². The Morgan fingerprint density at radius 2 is 2.00 bits per heavy atom. The molecular formula is C23H27N3O3. The highest BCUT2D eigenvalue weighted by atomic mass is 16.4. The molecule has 0 bridgehead atoms. The van der Waals surface area contributed by atoms with Crippen molar-refractivity contribution in [2.24, 2.45) is 5.92 Å². The molecule has 0 radical (unpaired) electrons. The van der Waals surface area contributed by atoms with E-state index in [1.54, 1.807) is 25.5 Å². The van der Waals surface area contributed by atoms with Gasteiger partial charge >= 0.3 is 5.63 Å². The van der Waals surface area contributed by atoms with Crippen molar-refractivity contribution in [3.05, 3.63) is 88.0 Å². The van der Waals surface area contributed by atoms with Crippen LogP contribution in [0.1, 0.15) is 53.6 Å². The molecule has 2 aromatic heterocycles. The van der Waals surface area contributed by atoms with Gasteiger partial charge in [0.05, 0.1) is 12.4 Å². The van der Waals surface area contributed by atoms with Crippen molar-refractivity contribution in [1.29, 1.82) is 0 Å². The molecule has 2 heterocycles. The van der Waals surface area contributed by atoms with E-state index in [1.807, 2.05) is 41.1 Å². The van der Waals surface area contributed by atoms with E-state index >= 15 is 0 Å². The molecule has 0 saturated heterocycles. The average Bonchev–Trinajstić information content (AvgIpc) is 3.19. The van der Waals surface area contributed by atoms with Crippen LogP contribution in [0.3, 0.4) is 0 Å². The van der Waals surface area contributed by atoms with E-state index in [0.717, 1.165) is 12.0 Å². The Bertz CT molecular complexity index is 992. The van der Waals surface area contributed by atoms with Gasteiger partial charge in [-0.1, -0.05) is 44.2 Å². The predicted molar refractivity (Wildman–Crippen MR) is 112 cm³/mol. The van der Waals surface area contributed by atoms with Crippen molar-refractivity contribution in [2.45, 2.75) is 46.2 Å². The highest BCUT2D eigenvalue weighted by Gasteiger charge is 2.21. The van der Waals surface area contributed by atoms with Gasteiger partial charge in [0.25, 0.3) is 5.91 Å². The van der Waals surface area contributed by atoms with E-state index in [2.05, 4.69) is 24.1 Å². The molecule has 0 aliphatic heterocycles. The number of aryl methyl sites for hydroxylation is 2. The smallest absolute Gasteiger partial charge is 0.349 e. The van der Waals surface area contributed by atoms with Crippen LogP contribution in [0.2, 0.25) is 0 Å². The lowest BCUT2D eigenvalue weighted by Gasteiger charge is -2.20. The Labute approximate surface area is 170 Å². The first kappa shape index (κ1) is 20.6. The van der Waals surface area contributed by atoms with Gasteiger partial charge in [-0.15, -0.1) is 0 Å². The summed E-state index contributed by atoms with van der Waals surface area (Å²) in [6, 6.07) is 11.2. The van der Waals surface area contributed by atoms with Crippen molar-refractivity contribution in [2.75, 3.05) is 0 Å². The minimum absolute atomic E-state index is 0.0601. The molecule has 0 saturated carbocycles. The largest absolute Gasteiger partial charge is 0.427 e. The second-order valence-corrected chi connectivity index (χ2v) is 7.69. The van der Waals surface area contributed by atoms with Crippen LogP contribution < -0.4 is 10.9 Å². The van der Waals surface area contributed by atoms with Gasteiger partial charge in [-0.3, -0.25) is 4.79 Å². The SMILES string of the molecule is Cc1cc(CCC(C)C)oc(=O)c1C(=O)NC(Cn1ccnc1)c1ccccc1. The van der Waals surface area contributed by atoms with Crippen LogP contribution in [0.25, 0.3) is 0 Å². The van der Waals surface area contributed by atoms with E-state index in [-0.39, 0.29) is 11.6 Å². The molecule has 152 valence electrons. The monoisotopic (exact) mass is 393 g/mol. The van der Waals surface area contributed by atoms with Crippen LogP contribution in [0.4, 0.5) is 0 Å². The maximum atomic E-state index is 13.0. The van der Waals surface area contributed by atoms with E-state index in [0.29, 0.717) is 30.2 Å². The maximum Gasteiger partial charge on any atom is 0.349 e.